The van der Waals surface area contributed by atoms with Gasteiger partial charge in [0.25, 0.3) is 5.92 Å². The number of rotatable bonds is 4. The number of sulfonamides is 1. The van der Waals surface area contributed by atoms with Crippen LogP contribution in [0.15, 0.2) is 35.2 Å². The monoisotopic (exact) mass is 460 g/mol. The van der Waals surface area contributed by atoms with Gasteiger partial charge in [-0.2, -0.15) is 9.40 Å². The molecule has 160 valence electrons. The second kappa shape index (κ2) is 7.12. The Bertz CT molecular complexity index is 1250. The van der Waals surface area contributed by atoms with Crippen LogP contribution < -0.4 is 5.73 Å². The van der Waals surface area contributed by atoms with Gasteiger partial charge in [-0.05, 0) is 24.3 Å². The first-order valence-electron chi connectivity index (χ1n) is 8.77. The van der Waals surface area contributed by atoms with Gasteiger partial charge in [0.1, 0.15) is 5.82 Å². The highest BCUT2D eigenvalue weighted by Gasteiger charge is 2.49. The third-order valence-corrected chi connectivity index (χ3v) is 7.28. The van der Waals surface area contributed by atoms with Gasteiger partial charge in [-0.25, -0.2) is 21.6 Å². The zero-order valence-electron chi connectivity index (χ0n) is 15.2. The first-order valence-corrected chi connectivity index (χ1v) is 10.6. The van der Waals surface area contributed by atoms with E-state index in [1.165, 1.54) is 12.1 Å². The van der Waals surface area contributed by atoms with Crippen LogP contribution in [0, 0.1) is 5.82 Å². The molecule has 0 bridgehead atoms. The van der Waals surface area contributed by atoms with E-state index in [1.807, 2.05) is 0 Å². The molecule has 1 saturated heterocycles. The number of nitrogen functional groups attached to an aromatic ring is 1. The number of nitrogens with one attached hydrogen (secondary N) is 1. The van der Waals surface area contributed by atoms with Crippen LogP contribution in [0.4, 0.5) is 19.0 Å². The normalized spacial score (nSPS) is 19.6. The van der Waals surface area contributed by atoms with Crippen LogP contribution in [-0.4, -0.2) is 53.1 Å². The number of anilines is 1. The minimum absolute atomic E-state index is 0.0373. The number of alkyl halides is 2. The van der Waals surface area contributed by atoms with Gasteiger partial charge in [-0.15, -0.1) is 0 Å². The summed E-state index contributed by atoms with van der Waals surface area (Å²) in [4.78, 5) is -0.336. The van der Waals surface area contributed by atoms with E-state index >= 15 is 0 Å². The fourth-order valence-corrected chi connectivity index (χ4v) is 5.64. The van der Waals surface area contributed by atoms with E-state index in [-0.39, 0.29) is 32.2 Å². The maximum atomic E-state index is 15.0. The number of hydrogen-bond acceptors (Lipinski definition) is 5. The lowest BCUT2D eigenvalue weighted by Crippen LogP contribution is -2.38. The van der Waals surface area contributed by atoms with Gasteiger partial charge in [-0.3, -0.25) is 5.10 Å². The standard InChI is InChI=1S/C18H16ClF3N4O3S/c19-13-5-10(30(28,29)26-8-18(21,22)6-9(26)7-27)1-2-11(13)12-3-4-14-15(16(12)20)17(23)25-24-14/h1-5,9,27H,6-8H2,(H3,23,24,25). The number of nitrogens with zero attached hydrogens (tertiary/aromatic N) is 2. The van der Waals surface area contributed by atoms with E-state index < -0.39 is 47.4 Å². The SMILES string of the molecule is Nc1n[nH]c2ccc(-c3ccc(S(=O)(=O)N4CC(F)(F)CC4CO)cc3Cl)c(F)c12. The van der Waals surface area contributed by atoms with Crippen LogP contribution in [0.1, 0.15) is 6.42 Å². The molecule has 1 aromatic heterocycles. The zero-order chi connectivity index (χ0) is 21.8. The minimum Gasteiger partial charge on any atom is -0.395 e. The van der Waals surface area contributed by atoms with Crippen molar-refractivity contribution in [1.82, 2.24) is 14.5 Å². The van der Waals surface area contributed by atoms with Crippen molar-refractivity contribution in [3.05, 3.63) is 41.2 Å². The first kappa shape index (κ1) is 20.9. The molecule has 0 radical (unpaired) electrons. The Balaban J connectivity index is 1.76. The van der Waals surface area contributed by atoms with Gasteiger partial charge in [-0.1, -0.05) is 17.7 Å². The second-order valence-corrected chi connectivity index (χ2v) is 9.34. The molecule has 2 aromatic carbocycles. The van der Waals surface area contributed by atoms with Crippen molar-refractivity contribution in [1.29, 1.82) is 0 Å². The Morgan fingerprint density at radius 1 is 1.30 bits per heavy atom. The summed E-state index contributed by atoms with van der Waals surface area (Å²) in [7, 11) is -4.35. The largest absolute Gasteiger partial charge is 0.395 e. The fraction of sp³-hybridized carbons (Fsp3) is 0.278. The molecular formula is C18H16ClF3N4O3S. The molecule has 4 rings (SSSR count). The summed E-state index contributed by atoms with van der Waals surface area (Å²) < 4.78 is 68.7. The van der Waals surface area contributed by atoms with Crippen molar-refractivity contribution >= 4 is 38.3 Å². The van der Waals surface area contributed by atoms with Gasteiger partial charge in [0.2, 0.25) is 10.0 Å². The van der Waals surface area contributed by atoms with Gasteiger partial charge in [0.05, 0.1) is 35.0 Å². The molecule has 1 aliphatic heterocycles. The number of aliphatic hydroxyl groups excluding tert-OH is 1. The predicted molar refractivity (Wildman–Crippen MR) is 105 cm³/mol. The summed E-state index contributed by atoms with van der Waals surface area (Å²) in [6.45, 7) is -1.77. The minimum atomic E-state index is -4.35. The Hall–Kier alpha value is -2.34. The summed E-state index contributed by atoms with van der Waals surface area (Å²) in [6, 6.07) is 5.26. The number of H-pyrrole nitrogens is 1. The van der Waals surface area contributed by atoms with E-state index in [0.29, 0.717) is 9.82 Å². The van der Waals surface area contributed by atoms with Crippen molar-refractivity contribution in [3.8, 4) is 11.1 Å². The summed E-state index contributed by atoms with van der Waals surface area (Å²) in [5.74, 6) is -3.96. The van der Waals surface area contributed by atoms with Crippen LogP contribution in [0.25, 0.3) is 22.0 Å². The molecule has 4 N–H and O–H groups in total. The number of nitrogens with two attached hydrogens (primary N) is 1. The van der Waals surface area contributed by atoms with Gasteiger partial charge < -0.3 is 10.8 Å². The lowest BCUT2D eigenvalue weighted by Gasteiger charge is -2.22. The number of aromatic nitrogens is 2. The first-order chi connectivity index (χ1) is 14.0. The molecule has 0 amide bonds. The average molecular weight is 461 g/mol. The molecule has 1 fully saturated rings. The van der Waals surface area contributed by atoms with E-state index in [4.69, 9.17) is 17.3 Å². The Labute approximate surface area is 174 Å². The maximum Gasteiger partial charge on any atom is 0.263 e. The van der Waals surface area contributed by atoms with E-state index in [2.05, 4.69) is 10.2 Å². The Morgan fingerprint density at radius 2 is 2.00 bits per heavy atom. The number of aliphatic hydroxyl groups is 1. The van der Waals surface area contributed by atoms with E-state index in [1.54, 1.807) is 6.07 Å². The molecule has 0 saturated carbocycles. The molecule has 12 heteroatoms. The van der Waals surface area contributed by atoms with Crippen LogP contribution >= 0.6 is 11.6 Å². The summed E-state index contributed by atoms with van der Waals surface area (Å²) in [6.07, 6.45) is -0.772. The third kappa shape index (κ3) is 3.31. The molecule has 2 heterocycles. The number of benzene rings is 2. The molecule has 1 aliphatic rings. The summed E-state index contributed by atoms with van der Waals surface area (Å²) >= 11 is 6.24. The molecule has 7 nitrogen and oxygen atoms in total. The molecular weight excluding hydrogens is 445 g/mol. The molecule has 1 unspecified atom stereocenters. The van der Waals surface area contributed by atoms with Gasteiger partial charge >= 0.3 is 0 Å². The molecule has 30 heavy (non-hydrogen) atoms. The third-order valence-electron chi connectivity index (χ3n) is 5.07. The number of aromatic amines is 1. The maximum absolute atomic E-state index is 15.0. The number of halogens is 4. The molecule has 0 spiro atoms. The van der Waals surface area contributed by atoms with Gasteiger partial charge in [0, 0.05) is 22.6 Å². The van der Waals surface area contributed by atoms with Crippen molar-refractivity contribution in [2.45, 2.75) is 23.3 Å². The predicted octanol–water partition coefficient (Wildman–Crippen LogP) is 3.00. The highest BCUT2D eigenvalue weighted by atomic mass is 35.5. The van der Waals surface area contributed by atoms with Crippen LogP contribution in [0.3, 0.4) is 0 Å². The fourth-order valence-electron chi connectivity index (χ4n) is 3.62. The van der Waals surface area contributed by atoms with Crippen molar-refractivity contribution in [2.24, 2.45) is 0 Å². The number of hydrogen-bond donors (Lipinski definition) is 3. The molecule has 1 atom stereocenters. The Morgan fingerprint density at radius 3 is 2.67 bits per heavy atom. The van der Waals surface area contributed by atoms with Crippen LogP contribution in [-0.2, 0) is 10.0 Å². The second-order valence-electron chi connectivity index (χ2n) is 7.05. The number of fused-ring (bicyclic) bond motifs is 1. The molecule has 3 aromatic rings. The summed E-state index contributed by atoms with van der Waals surface area (Å²) in [5, 5.41) is 15.6. The molecule has 0 aliphatic carbocycles. The lowest BCUT2D eigenvalue weighted by atomic mass is 10.0. The van der Waals surface area contributed by atoms with E-state index in [0.717, 1.165) is 12.1 Å². The smallest absolute Gasteiger partial charge is 0.263 e. The van der Waals surface area contributed by atoms with Gasteiger partial charge in [0.15, 0.2) is 5.82 Å². The van der Waals surface area contributed by atoms with Crippen molar-refractivity contribution in [3.63, 3.8) is 0 Å². The van der Waals surface area contributed by atoms with Crippen LogP contribution in [0.2, 0.25) is 5.02 Å². The quantitative estimate of drug-likeness (QED) is 0.554. The Kier molecular flexibility index (Phi) is 4.96. The van der Waals surface area contributed by atoms with Crippen molar-refractivity contribution in [2.75, 3.05) is 18.9 Å². The lowest BCUT2D eigenvalue weighted by molar-refractivity contribution is 0.0161. The van der Waals surface area contributed by atoms with Crippen LogP contribution in [0.5, 0.6) is 0 Å². The van der Waals surface area contributed by atoms with E-state index in [9.17, 15) is 26.7 Å². The topological polar surface area (TPSA) is 112 Å². The zero-order valence-corrected chi connectivity index (χ0v) is 16.8. The highest BCUT2D eigenvalue weighted by molar-refractivity contribution is 7.89. The van der Waals surface area contributed by atoms with Crippen molar-refractivity contribution < 1.29 is 26.7 Å². The highest BCUT2D eigenvalue weighted by Crippen LogP contribution is 2.39. The summed E-state index contributed by atoms with van der Waals surface area (Å²) in [5.41, 5.74) is 6.33. The average Bonchev–Trinajstić information content (AvgIpc) is 3.22.